The minimum absolute atomic E-state index is 0.854. The molecule has 0 aliphatic carbocycles. The first-order chi connectivity index (χ1) is 10.3. The summed E-state index contributed by atoms with van der Waals surface area (Å²) in [6.45, 7) is 2.11. The molecule has 1 aromatic heterocycles. The highest BCUT2D eigenvalue weighted by molar-refractivity contribution is 5.82. The zero-order chi connectivity index (χ0) is 14.7. The molecule has 0 atom stereocenters. The van der Waals surface area contributed by atoms with Crippen LogP contribution in [0.5, 0.6) is 5.75 Å². The largest absolute Gasteiger partial charge is 0.497 e. The summed E-state index contributed by atoms with van der Waals surface area (Å²) in [5.41, 5.74) is 4.41. The zero-order valence-electron chi connectivity index (χ0n) is 12.2. The maximum atomic E-state index is 5.23. The molecule has 0 radical (unpaired) electrons. The van der Waals surface area contributed by atoms with Crippen molar-refractivity contribution in [1.82, 2.24) is 4.98 Å². The molecule has 0 spiro atoms. The standard InChI is InChI=1S/C19H17NO/c1-14-5-3-4-6-15(14)7-9-17-10-8-16-13-18(21-2)11-12-19(16)20-17/h3-13H,1-2H3/b9-7+. The first-order valence-electron chi connectivity index (χ1n) is 6.95. The first kappa shape index (κ1) is 13.4. The lowest BCUT2D eigenvalue weighted by atomic mass is 10.1. The molecule has 2 aromatic carbocycles. The minimum atomic E-state index is 0.854. The van der Waals surface area contributed by atoms with Crippen molar-refractivity contribution < 1.29 is 4.74 Å². The molecule has 1 heterocycles. The number of benzene rings is 2. The van der Waals surface area contributed by atoms with Gasteiger partial charge in [0.15, 0.2) is 0 Å². The van der Waals surface area contributed by atoms with Crippen molar-refractivity contribution in [3.05, 3.63) is 71.4 Å². The van der Waals surface area contributed by atoms with Gasteiger partial charge >= 0.3 is 0 Å². The van der Waals surface area contributed by atoms with Gasteiger partial charge in [-0.1, -0.05) is 36.4 Å². The van der Waals surface area contributed by atoms with Gasteiger partial charge in [-0.15, -0.1) is 0 Å². The minimum Gasteiger partial charge on any atom is -0.497 e. The summed E-state index contributed by atoms with van der Waals surface area (Å²) in [6.07, 6.45) is 4.15. The second kappa shape index (κ2) is 5.80. The van der Waals surface area contributed by atoms with Gasteiger partial charge in [0.1, 0.15) is 5.75 Å². The van der Waals surface area contributed by atoms with E-state index in [4.69, 9.17) is 4.74 Å². The van der Waals surface area contributed by atoms with Crippen molar-refractivity contribution in [2.75, 3.05) is 7.11 Å². The molecule has 2 nitrogen and oxygen atoms in total. The normalized spacial score (nSPS) is 11.1. The quantitative estimate of drug-likeness (QED) is 0.690. The summed E-state index contributed by atoms with van der Waals surface area (Å²) >= 11 is 0. The molecule has 0 unspecified atom stereocenters. The molecular formula is C19H17NO. The number of nitrogens with zero attached hydrogens (tertiary/aromatic N) is 1. The van der Waals surface area contributed by atoms with E-state index in [1.807, 2.05) is 42.5 Å². The van der Waals surface area contributed by atoms with Crippen LogP contribution < -0.4 is 4.74 Å². The molecule has 3 aromatic rings. The van der Waals surface area contributed by atoms with Gasteiger partial charge in [-0.2, -0.15) is 0 Å². The summed E-state index contributed by atoms with van der Waals surface area (Å²) < 4.78 is 5.23. The number of methoxy groups -OCH3 is 1. The Morgan fingerprint density at radius 2 is 1.81 bits per heavy atom. The van der Waals surface area contributed by atoms with Gasteiger partial charge in [-0.05, 0) is 48.4 Å². The summed E-state index contributed by atoms with van der Waals surface area (Å²) in [4.78, 5) is 4.65. The number of hydrogen-bond donors (Lipinski definition) is 0. The van der Waals surface area contributed by atoms with E-state index in [-0.39, 0.29) is 0 Å². The van der Waals surface area contributed by atoms with E-state index in [1.54, 1.807) is 7.11 Å². The van der Waals surface area contributed by atoms with Gasteiger partial charge in [0.2, 0.25) is 0 Å². The summed E-state index contributed by atoms with van der Waals surface area (Å²) in [6, 6.07) is 18.3. The van der Waals surface area contributed by atoms with Gasteiger partial charge in [0.25, 0.3) is 0 Å². The van der Waals surface area contributed by atoms with E-state index in [0.717, 1.165) is 22.3 Å². The van der Waals surface area contributed by atoms with Crippen molar-refractivity contribution in [3.63, 3.8) is 0 Å². The van der Waals surface area contributed by atoms with Crippen LogP contribution in [0.3, 0.4) is 0 Å². The third kappa shape index (κ3) is 2.95. The van der Waals surface area contributed by atoms with E-state index in [2.05, 4.69) is 36.2 Å². The molecule has 104 valence electrons. The SMILES string of the molecule is COc1ccc2nc(/C=C/c3ccccc3C)ccc2c1. The third-order valence-corrected chi connectivity index (χ3v) is 3.54. The molecular weight excluding hydrogens is 258 g/mol. The molecule has 0 saturated carbocycles. The van der Waals surface area contributed by atoms with E-state index in [1.165, 1.54) is 11.1 Å². The highest BCUT2D eigenvalue weighted by atomic mass is 16.5. The number of pyridine rings is 1. The Kier molecular flexibility index (Phi) is 3.69. The molecule has 0 saturated heterocycles. The Balaban J connectivity index is 1.93. The van der Waals surface area contributed by atoms with E-state index >= 15 is 0 Å². The number of ether oxygens (including phenoxy) is 1. The van der Waals surface area contributed by atoms with Gasteiger partial charge in [-0.25, -0.2) is 4.98 Å². The smallest absolute Gasteiger partial charge is 0.119 e. The molecule has 0 aliphatic heterocycles. The highest BCUT2D eigenvalue weighted by Crippen LogP contribution is 2.20. The maximum Gasteiger partial charge on any atom is 0.119 e. The van der Waals surface area contributed by atoms with Gasteiger partial charge in [-0.3, -0.25) is 0 Å². The number of rotatable bonds is 3. The van der Waals surface area contributed by atoms with Crippen molar-refractivity contribution in [3.8, 4) is 5.75 Å². The fourth-order valence-corrected chi connectivity index (χ4v) is 2.29. The number of fused-ring (bicyclic) bond motifs is 1. The summed E-state index contributed by atoms with van der Waals surface area (Å²) in [5.74, 6) is 0.854. The molecule has 0 N–H and O–H groups in total. The average molecular weight is 275 g/mol. The van der Waals surface area contributed by atoms with Crippen LogP contribution in [-0.4, -0.2) is 12.1 Å². The highest BCUT2D eigenvalue weighted by Gasteiger charge is 1.99. The van der Waals surface area contributed by atoms with Crippen LogP contribution in [-0.2, 0) is 0 Å². The second-order valence-corrected chi connectivity index (χ2v) is 4.98. The van der Waals surface area contributed by atoms with Crippen molar-refractivity contribution in [2.45, 2.75) is 6.92 Å². The van der Waals surface area contributed by atoms with Crippen LogP contribution in [0, 0.1) is 6.92 Å². The Bertz CT molecular complexity index is 806. The summed E-state index contributed by atoms with van der Waals surface area (Å²) in [7, 11) is 1.67. The number of aryl methyl sites for hydroxylation is 1. The lowest BCUT2D eigenvalue weighted by molar-refractivity contribution is 0.415. The maximum absolute atomic E-state index is 5.23. The van der Waals surface area contributed by atoms with Crippen molar-refractivity contribution >= 4 is 23.1 Å². The van der Waals surface area contributed by atoms with Gasteiger partial charge < -0.3 is 4.74 Å². The second-order valence-electron chi connectivity index (χ2n) is 4.98. The van der Waals surface area contributed by atoms with Crippen LogP contribution >= 0.6 is 0 Å². The fourth-order valence-electron chi connectivity index (χ4n) is 2.29. The van der Waals surface area contributed by atoms with Gasteiger partial charge in [0.05, 0.1) is 18.3 Å². The monoisotopic (exact) mass is 275 g/mol. The predicted molar refractivity (Wildman–Crippen MR) is 88.4 cm³/mol. The molecule has 2 heteroatoms. The van der Waals surface area contributed by atoms with E-state index in [9.17, 15) is 0 Å². The molecule has 0 amide bonds. The van der Waals surface area contributed by atoms with Crippen LogP contribution in [0.15, 0.2) is 54.6 Å². The first-order valence-corrected chi connectivity index (χ1v) is 6.95. The summed E-state index contributed by atoms with van der Waals surface area (Å²) in [5, 5.41) is 1.09. The Morgan fingerprint density at radius 3 is 2.62 bits per heavy atom. The number of hydrogen-bond acceptors (Lipinski definition) is 2. The Hall–Kier alpha value is -2.61. The molecule has 0 aliphatic rings. The average Bonchev–Trinajstić information content (AvgIpc) is 2.53. The van der Waals surface area contributed by atoms with E-state index < -0.39 is 0 Å². The molecule has 0 bridgehead atoms. The third-order valence-electron chi connectivity index (χ3n) is 3.54. The predicted octanol–water partition coefficient (Wildman–Crippen LogP) is 4.72. The Morgan fingerprint density at radius 1 is 0.952 bits per heavy atom. The number of aromatic nitrogens is 1. The van der Waals surface area contributed by atoms with Crippen LogP contribution in [0.4, 0.5) is 0 Å². The zero-order valence-corrected chi connectivity index (χ0v) is 12.2. The van der Waals surface area contributed by atoms with Gasteiger partial charge in [0, 0.05) is 5.39 Å². The lowest BCUT2D eigenvalue weighted by Gasteiger charge is -2.03. The lowest BCUT2D eigenvalue weighted by Crippen LogP contribution is -1.86. The van der Waals surface area contributed by atoms with E-state index in [0.29, 0.717) is 0 Å². The Labute approximate surface area is 124 Å². The fraction of sp³-hybridized carbons (Fsp3) is 0.105. The van der Waals surface area contributed by atoms with Crippen LogP contribution in [0.25, 0.3) is 23.1 Å². The van der Waals surface area contributed by atoms with Crippen LogP contribution in [0.1, 0.15) is 16.8 Å². The molecule has 21 heavy (non-hydrogen) atoms. The molecule has 3 rings (SSSR count). The molecule has 0 fully saturated rings. The topological polar surface area (TPSA) is 22.1 Å². The van der Waals surface area contributed by atoms with Crippen LogP contribution in [0.2, 0.25) is 0 Å². The van der Waals surface area contributed by atoms with Crippen molar-refractivity contribution in [1.29, 1.82) is 0 Å². The van der Waals surface area contributed by atoms with Crippen molar-refractivity contribution in [2.24, 2.45) is 0 Å².